The first-order valence-corrected chi connectivity index (χ1v) is 4.35. The number of benzene rings is 1. The number of hydrogen-bond acceptors (Lipinski definition) is 1. The van der Waals surface area contributed by atoms with Gasteiger partial charge >= 0.3 is 5.97 Å². The van der Waals surface area contributed by atoms with Crippen molar-refractivity contribution >= 4 is 5.97 Å². The van der Waals surface area contributed by atoms with Crippen molar-refractivity contribution in [3.8, 4) is 11.1 Å². The molecule has 0 radical (unpaired) electrons. The molecule has 2 N–H and O–H groups in total. The van der Waals surface area contributed by atoms with Crippen LogP contribution in [-0.4, -0.2) is 16.1 Å². The van der Waals surface area contributed by atoms with Gasteiger partial charge in [-0.05, 0) is 23.8 Å². The summed E-state index contributed by atoms with van der Waals surface area (Å²) in [7, 11) is 0. The number of aromatic nitrogens is 1. The van der Waals surface area contributed by atoms with Gasteiger partial charge in [0.05, 0.1) is 0 Å². The van der Waals surface area contributed by atoms with Crippen LogP contribution >= 0.6 is 0 Å². The molecule has 0 amide bonds. The number of halogens is 1. The highest BCUT2D eigenvalue weighted by molar-refractivity contribution is 5.94. The fraction of sp³-hybridized carbons (Fsp3) is 0. The summed E-state index contributed by atoms with van der Waals surface area (Å²) in [6, 6.07) is 7.44. The van der Waals surface area contributed by atoms with Crippen LogP contribution < -0.4 is 0 Å². The Hall–Kier alpha value is -2.10. The second-order valence-corrected chi connectivity index (χ2v) is 3.08. The Bertz CT molecular complexity index is 505. The lowest BCUT2D eigenvalue weighted by Gasteiger charge is -2.00. The minimum atomic E-state index is -1.06. The van der Waals surface area contributed by atoms with Gasteiger partial charge < -0.3 is 10.1 Å². The summed E-state index contributed by atoms with van der Waals surface area (Å²) in [5.41, 5.74) is 1.11. The van der Waals surface area contributed by atoms with E-state index in [1.54, 1.807) is 18.2 Å². The molecule has 0 bridgehead atoms. The van der Waals surface area contributed by atoms with Crippen LogP contribution in [0.25, 0.3) is 11.1 Å². The summed E-state index contributed by atoms with van der Waals surface area (Å²) in [4.78, 5) is 13.4. The molecule has 2 aromatic rings. The van der Waals surface area contributed by atoms with E-state index in [0.717, 1.165) is 0 Å². The molecule has 2 rings (SSSR count). The van der Waals surface area contributed by atoms with Crippen LogP contribution in [0.5, 0.6) is 0 Å². The van der Waals surface area contributed by atoms with Crippen molar-refractivity contribution < 1.29 is 14.3 Å². The largest absolute Gasteiger partial charge is 0.477 e. The van der Waals surface area contributed by atoms with Gasteiger partial charge in [-0.3, -0.25) is 0 Å². The molecular formula is C11H8FNO2. The first-order valence-electron chi connectivity index (χ1n) is 4.35. The maximum Gasteiger partial charge on any atom is 0.352 e. The van der Waals surface area contributed by atoms with Crippen LogP contribution in [0, 0.1) is 5.82 Å². The van der Waals surface area contributed by atoms with Crippen LogP contribution in [0.1, 0.15) is 10.5 Å². The highest BCUT2D eigenvalue weighted by Crippen LogP contribution is 2.23. The van der Waals surface area contributed by atoms with Gasteiger partial charge in [-0.25, -0.2) is 9.18 Å². The molecule has 0 unspecified atom stereocenters. The zero-order valence-electron chi connectivity index (χ0n) is 7.70. The Kier molecular flexibility index (Phi) is 2.25. The van der Waals surface area contributed by atoms with Gasteiger partial charge in [0.2, 0.25) is 0 Å². The lowest BCUT2D eigenvalue weighted by atomic mass is 10.1. The first kappa shape index (κ1) is 9.45. The van der Waals surface area contributed by atoms with Crippen molar-refractivity contribution in [3.63, 3.8) is 0 Å². The summed E-state index contributed by atoms with van der Waals surface area (Å²) in [6.45, 7) is 0. The molecule has 3 nitrogen and oxygen atoms in total. The number of carboxylic acids is 1. The van der Waals surface area contributed by atoms with Crippen molar-refractivity contribution in [1.29, 1.82) is 0 Å². The van der Waals surface area contributed by atoms with Crippen LogP contribution in [0.2, 0.25) is 0 Å². The molecule has 0 aliphatic carbocycles. The average molecular weight is 205 g/mol. The minimum Gasteiger partial charge on any atom is -0.477 e. The predicted octanol–water partition coefficient (Wildman–Crippen LogP) is 2.52. The Morgan fingerprint density at radius 1 is 1.33 bits per heavy atom. The Balaban J connectivity index is 2.54. The van der Waals surface area contributed by atoms with Gasteiger partial charge in [0, 0.05) is 11.8 Å². The lowest BCUT2D eigenvalue weighted by Crippen LogP contribution is -1.98. The molecule has 1 aromatic carbocycles. The monoisotopic (exact) mass is 205 g/mol. The van der Waals surface area contributed by atoms with Crippen molar-refractivity contribution in [3.05, 3.63) is 48.0 Å². The molecule has 76 valence electrons. The SMILES string of the molecule is O=C(O)c1[nH]ccc1-c1cccc(F)c1. The summed E-state index contributed by atoms with van der Waals surface area (Å²) in [5, 5.41) is 8.86. The molecule has 0 aliphatic rings. The summed E-state index contributed by atoms with van der Waals surface area (Å²) < 4.78 is 12.9. The van der Waals surface area contributed by atoms with Gasteiger partial charge in [0.1, 0.15) is 11.5 Å². The third-order valence-corrected chi connectivity index (χ3v) is 2.10. The predicted molar refractivity (Wildman–Crippen MR) is 53.1 cm³/mol. The molecule has 0 fully saturated rings. The van der Waals surface area contributed by atoms with Crippen LogP contribution in [0.15, 0.2) is 36.5 Å². The Morgan fingerprint density at radius 2 is 2.13 bits per heavy atom. The molecule has 0 saturated heterocycles. The fourth-order valence-corrected chi connectivity index (χ4v) is 1.44. The maximum absolute atomic E-state index is 12.9. The van der Waals surface area contributed by atoms with E-state index in [0.29, 0.717) is 11.1 Å². The van der Waals surface area contributed by atoms with Crippen LogP contribution in [0.3, 0.4) is 0 Å². The van der Waals surface area contributed by atoms with Crippen molar-refractivity contribution in [2.45, 2.75) is 0 Å². The summed E-state index contributed by atoms with van der Waals surface area (Å²) >= 11 is 0. The summed E-state index contributed by atoms with van der Waals surface area (Å²) in [6.07, 6.45) is 1.52. The van der Waals surface area contributed by atoms with E-state index in [9.17, 15) is 9.18 Å². The van der Waals surface area contributed by atoms with Gasteiger partial charge in [-0.1, -0.05) is 12.1 Å². The second kappa shape index (κ2) is 3.57. The van der Waals surface area contributed by atoms with E-state index in [1.807, 2.05) is 0 Å². The number of rotatable bonds is 2. The van der Waals surface area contributed by atoms with Crippen LogP contribution in [-0.2, 0) is 0 Å². The molecule has 1 aromatic heterocycles. The third kappa shape index (κ3) is 1.74. The van der Waals surface area contributed by atoms with Crippen LogP contribution in [0.4, 0.5) is 4.39 Å². The van der Waals surface area contributed by atoms with Gasteiger partial charge in [-0.15, -0.1) is 0 Å². The maximum atomic E-state index is 12.9. The number of aromatic carboxylic acids is 1. The molecule has 0 saturated carbocycles. The molecule has 1 heterocycles. The number of hydrogen-bond donors (Lipinski definition) is 2. The standard InChI is InChI=1S/C11H8FNO2/c12-8-3-1-2-7(6-8)9-4-5-13-10(9)11(14)15/h1-6,13H,(H,14,15). The minimum absolute atomic E-state index is 0.0700. The topological polar surface area (TPSA) is 53.1 Å². The van der Waals surface area contributed by atoms with Crippen molar-refractivity contribution in [2.24, 2.45) is 0 Å². The molecular weight excluding hydrogens is 197 g/mol. The zero-order valence-corrected chi connectivity index (χ0v) is 7.70. The number of carboxylic acid groups (broad SMARTS) is 1. The Morgan fingerprint density at radius 3 is 2.80 bits per heavy atom. The molecule has 15 heavy (non-hydrogen) atoms. The number of nitrogens with one attached hydrogen (secondary N) is 1. The Labute approximate surface area is 85.2 Å². The van der Waals surface area contributed by atoms with Gasteiger partial charge in [0.15, 0.2) is 0 Å². The van der Waals surface area contributed by atoms with E-state index in [4.69, 9.17) is 5.11 Å². The van der Waals surface area contributed by atoms with E-state index >= 15 is 0 Å². The highest BCUT2D eigenvalue weighted by Gasteiger charge is 2.12. The van der Waals surface area contributed by atoms with E-state index in [2.05, 4.69) is 4.98 Å². The molecule has 0 spiro atoms. The highest BCUT2D eigenvalue weighted by atomic mass is 19.1. The fourth-order valence-electron chi connectivity index (χ4n) is 1.44. The summed E-state index contributed by atoms with van der Waals surface area (Å²) in [5.74, 6) is -1.44. The molecule has 4 heteroatoms. The number of carbonyl (C=O) groups is 1. The number of aromatic amines is 1. The van der Waals surface area contributed by atoms with E-state index in [1.165, 1.54) is 18.3 Å². The number of H-pyrrole nitrogens is 1. The second-order valence-electron chi connectivity index (χ2n) is 3.08. The lowest BCUT2D eigenvalue weighted by molar-refractivity contribution is 0.0692. The normalized spacial score (nSPS) is 10.2. The smallest absolute Gasteiger partial charge is 0.352 e. The van der Waals surface area contributed by atoms with Crippen molar-refractivity contribution in [1.82, 2.24) is 4.98 Å². The average Bonchev–Trinajstić information content (AvgIpc) is 2.65. The quantitative estimate of drug-likeness (QED) is 0.791. The van der Waals surface area contributed by atoms with E-state index < -0.39 is 5.97 Å². The van der Waals surface area contributed by atoms with E-state index in [-0.39, 0.29) is 11.5 Å². The third-order valence-electron chi connectivity index (χ3n) is 2.10. The molecule has 0 aliphatic heterocycles. The van der Waals surface area contributed by atoms with Gasteiger partial charge in [0.25, 0.3) is 0 Å². The van der Waals surface area contributed by atoms with Crippen molar-refractivity contribution in [2.75, 3.05) is 0 Å². The molecule has 0 atom stereocenters. The van der Waals surface area contributed by atoms with Gasteiger partial charge in [-0.2, -0.15) is 0 Å². The zero-order chi connectivity index (χ0) is 10.8. The first-order chi connectivity index (χ1) is 7.18.